The van der Waals surface area contributed by atoms with Crippen molar-refractivity contribution in [1.29, 1.82) is 0 Å². The molecule has 0 bridgehead atoms. The SMILES string of the molecule is CCc1nccc2cc(Br)ccc12. The molecule has 0 amide bonds. The Bertz CT molecular complexity index is 437. The van der Waals surface area contributed by atoms with Crippen molar-refractivity contribution in [3.8, 4) is 0 Å². The minimum atomic E-state index is 0.985. The zero-order valence-corrected chi connectivity index (χ0v) is 9.01. The molecule has 0 spiro atoms. The molecule has 0 unspecified atom stereocenters. The van der Waals surface area contributed by atoms with Crippen LogP contribution in [0.4, 0.5) is 0 Å². The van der Waals surface area contributed by atoms with Crippen molar-refractivity contribution in [3.63, 3.8) is 0 Å². The highest BCUT2D eigenvalue weighted by Gasteiger charge is 1.99. The van der Waals surface area contributed by atoms with Crippen LogP contribution in [0.2, 0.25) is 0 Å². The molecule has 0 saturated carbocycles. The summed E-state index contributed by atoms with van der Waals surface area (Å²) >= 11 is 3.46. The summed E-state index contributed by atoms with van der Waals surface area (Å²) in [7, 11) is 0. The predicted molar refractivity (Wildman–Crippen MR) is 58.8 cm³/mol. The number of aromatic nitrogens is 1. The third-order valence-electron chi connectivity index (χ3n) is 2.14. The number of hydrogen-bond donors (Lipinski definition) is 0. The van der Waals surface area contributed by atoms with Crippen LogP contribution in [0.5, 0.6) is 0 Å². The first-order chi connectivity index (χ1) is 6.31. The minimum Gasteiger partial charge on any atom is -0.261 e. The lowest BCUT2D eigenvalue weighted by molar-refractivity contribution is 1.06. The first-order valence-electron chi connectivity index (χ1n) is 4.34. The molecule has 0 fully saturated rings. The molecule has 13 heavy (non-hydrogen) atoms. The number of pyridine rings is 1. The van der Waals surface area contributed by atoms with E-state index in [1.807, 2.05) is 12.3 Å². The van der Waals surface area contributed by atoms with Crippen LogP contribution in [0.1, 0.15) is 12.6 Å². The van der Waals surface area contributed by atoms with Crippen LogP contribution in [-0.4, -0.2) is 4.98 Å². The second kappa shape index (κ2) is 3.46. The van der Waals surface area contributed by atoms with Crippen LogP contribution < -0.4 is 0 Å². The minimum absolute atomic E-state index is 0.985. The molecule has 1 aromatic heterocycles. The largest absolute Gasteiger partial charge is 0.261 e. The van der Waals surface area contributed by atoms with Gasteiger partial charge in [-0.15, -0.1) is 0 Å². The van der Waals surface area contributed by atoms with Gasteiger partial charge in [0.05, 0.1) is 0 Å². The van der Waals surface area contributed by atoms with Gasteiger partial charge in [-0.2, -0.15) is 0 Å². The zero-order chi connectivity index (χ0) is 9.26. The van der Waals surface area contributed by atoms with Gasteiger partial charge in [0.15, 0.2) is 0 Å². The van der Waals surface area contributed by atoms with E-state index >= 15 is 0 Å². The molecule has 2 rings (SSSR count). The van der Waals surface area contributed by atoms with Crippen molar-refractivity contribution in [3.05, 3.63) is 40.6 Å². The van der Waals surface area contributed by atoms with Gasteiger partial charge in [0.1, 0.15) is 0 Å². The molecule has 1 nitrogen and oxygen atoms in total. The summed E-state index contributed by atoms with van der Waals surface area (Å²) in [4.78, 5) is 4.34. The second-order valence-electron chi connectivity index (χ2n) is 2.98. The summed E-state index contributed by atoms with van der Waals surface area (Å²) in [5, 5.41) is 2.51. The summed E-state index contributed by atoms with van der Waals surface area (Å²) in [5.74, 6) is 0. The molecule has 0 saturated heterocycles. The first-order valence-corrected chi connectivity index (χ1v) is 5.13. The number of nitrogens with zero attached hydrogens (tertiary/aromatic N) is 1. The lowest BCUT2D eigenvalue weighted by atomic mass is 10.1. The van der Waals surface area contributed by atoms with Gasteiger partial charge in [0.25, 0.3) is 0 Å². The van der Waals surface area contributed by atoms with Crippen LogP contribution >= 0.6 is 15.9 Å². The van der Waals surface area contributed by atoms with E-state index in [2.05, 4.69) is 46.0 Å². The molecule has 0 aliphatic rings. The Balaban J connectivity index is 2.77. The molecule has 2 aromatic rings. The number of hydrogen-bond acceptors (Lipinski definition) is 1. The maximum atomic E-state index is 4.34. The molecular weight excluding hydrogens is 226 g/mol. The molecule has 2 heteroatoms. The number of benzene rings is 1. The Morgan fingerprint density at radius 1 is 1.31 bits per heavy atom. The van der Waals surface area contributed by atoms with Crippen LogP contribution in [0.25, 0.3) is 10.8 Å². The Labute approximate surface area is 85.9 Å². The standard InChI is InChI=1S/C11H10BrN/c1-2-11-10-4-3-9(12)7-8(10)5-6-13-11/h3-7H,2H2,1H3. The number of halogens is 1. The van der Waals surface area contributed by atoms with Crippen LogP contribution in [0.15, 0.2) is 34.9 Å². The van der Waals surface area contributed by atoms with Crippen molar-refractivity contribution in [2.75, 3.05) is 0 Å². The van der Waals surface area contributed by atoms with E-state index in [1.54, 1.807) is 0 Å². The molecule has 1 heterocycles. The van der Waals surface area contributed by atoms with Gasteiger partial charge in [-0.1, -0.05) is 28.9 Å². The lowest BCUT2D eigenvalue weighted by Crippen LogP contribution is -1.87. The van der Waals surface area contributed by atoms with Gasteiger partial charge < -0.3 is 0 Å². The number of rotatable bonds is 1. The number of aryl methyl sites for hydroxylation is 1. The summed E-state index contributed by atoms with van der Waals surface area (Å²) in [6.07, 6.45) is 2.85. The van der Waals surface area contributed by atoms with Gasteiger partial charge in [-0.25, -0.2) is 0 Å². The quantitative estimate of drug-likeness (QED) is 0.737. The molecule has 0 atom stereocenters. The van der Waals surface area contributed by atoms with Crippen LogP contribution in [0.3, 0.4) is 0 Å². The van der Waals surface area contributed by atoms with Gasteiger partial charge in [0.2, 0.25) is 0 Å². The zero-order valence-electron chi connectivity index (χ0n) is 7.42. The van der Waals surface area contributed by atoms with Gasteiger partial charge in [0, 0.05) is 21.7 Å². The fourth-order valence-electron chi connectivity index (χ4n) is 1.49. The van der Waals surface area contributed by atoms with E-state index in [9.17, 15) is 0 Å². The molecule has 1 aromatic carbocycles. The third kappa shape index (κ3) is 1.59. The van der Waals surface area contributed by atoms with Crippen molar-refractivity contribution >= 4 is 26.7 Å². The van der Waals surface area contributed by atoms with Gasteiger partial charge in [-0.3, -0.25) is 4.98 Å². The average molecular weight is 236 g/mol. The van der Waals surface area contributed by atoms with Crippen molar-refractivity contribution in [2.24, 2.45) is 0 Å². The summed E-state index contributed by atoms with van der Waals surface area (Å²) in [6, 6.07) is 8.34. The van der Waals surface area contributed by atoms with Crippen molar-refractivity contribution in [2.45, 2.75) is 13.3 Å². The molecule has 0 aliphatic heterocycles. The normalized spacial score (nSPS) is 10.6. The van der Waals surface area contributed by atoms with E-state index in [1.165, 1.54) is 16.5 Å². The summed E-state index contributed by atoms with van der Waals surface area (Å²) < 4.78 is 1.12. The lowest BCUT2D eigenvalue weighted by Gasteiger charge is -2.02. The Morgan fingerprint density at radius 2 is 2.15 bits per heavy atom. The summed E-state index contributed by atoms with van der Waals surface area (Å²) in [5.41, 5.74) is 1.17. The van der Waals surface area contributed by atoms with Crippen molar-refractivity contribution in [1.82, 2.24) is 4.98 Å². The van der Waals surface area contributed by atoms with E-state index < -0.39 is 0 Å². The van der Waals surface area contributed by atoms with Gasteiger partial charge >= 0.3 is 0 Å². The first kappa shape index (κ1) is 8.70. The summed E-state index contributed by atoms with van der Waals surface area (Å²) in [6.45, 7) is 2.13. The van der Waals surface area contributed by atoms with E-state index in [4.69, 9.17) is 0 Å². The third-order valence-corrected chi connectivity index (χ3v) is 2.64. The molecular formula is C11H10BrN. The molecule has 0 N–H and O–H groups in total. The topological polar surface area (TPSA) is 12.9 Å². The van der Waals surface area contributed by atoms with Gasteiger partial charge in [-0.05, 0) is 30.0 Å². The molecule has 0 aliphatic carbocycles. The van der Waals surface area contributed by atoms with E-state index in [-0.39, 0.29) is 0 Å². The Hall–Kier alpha value is -0.890. The van der Waals surface area contributed by atoms with E-state index in [0.717, 1.165) is 10.9 Å². The highest BCUT2D eigenvalue weighted by molar-refractivity contribution is 9.10. The fourth-order valence-corrected chi connectivity index (χ4v) is 1.87. The molecule has 0 radical (unpaired) electrons. The predicted octanol–water partition coefficient (Wildman–Crippen LogP) is 3.56. The Kier molecular flexibility index (Phi) is 2.32. The maximum absolute atomic E-state index is 4.34. The Morgan fingerprint density at radius 3 is 2.92 bits per heavy atom. The molecule has 66 valence electrons. The number of fused-ring (bicyclic) bond motifs is 1. The highest BCUT2D eigenvalue weighted by Crippen LogP contribution is 2.21. The average Bonchev–Trinajstić information content (AvgIpc) is 2.16. The smallest absolute Gasteiger partial charge is 0.0479 e. The maximum Gasteiger partial charge on any atom is 0.0479 e. The van der Waals surface area contributed by atoms with Crippen LogP contribution in [-0.2, 0) is 6.42 Å². The second-order valence-corrected chi connectivity index (χ2v) is 3.89. The van der Waals surface area contributed by atoms with E-state index in [0.29, 0.717) is 0 Å². The highest BCUT2D eigenvalue weighted by atomic mass is 79.9. The monoisotopic (exact) mass is 235 g/mol. The fraction of sp³-hybridized carbons (Fsp3) is 0.182. The van der Waals surface area contributed by atoms with Crippen LogP contribution in [0, 0.1) is 0 Å². The van der Waals surface area contributed by atoms with Crippen molar-refractivity contribution < 1.29 is 0 Å².